The number of ether oxygens (including phenoxy) is 2. The first kappa shape index (κ1) is 17.4. The molecule has 25 heavy (non-hydrogen) atoms. The molecule has 1 fully saturated rings. The number of rotatable bonds is 5. The van der Waals surface area contributed by atoms with Crippen molar-refractivity contribution in [3.63, 3.8) is 0 Å². The number of methoxy groups -OCH3 is 1. The van der Waals surface area contributed by atoms with Gasteiger partial charge in [-0.15, -0.1) is 0 Å². The second kappa shape index (κ2) is 7.66. The van der Waals surface area contributed by atoms with Crippen LogP contribution in [0.4, 0.5) is 4.39 Å². The number of hydrogen-bond donors (Lipinski definition) is 1. The lowest BCUT2D eigenvalue weighted by molar-refractivity contribution is 0.0479. The summed E-state index contributed by atoms with van der Waals surface area (Å²) >= 11 is 0. The molecule has 1 aliphatic rings. The summed E-state index contributed by atoms with van der Waals surface area (Å²) < 4.78 is 24.1. The number of halogens is 1. The van der Waals surface area contributed by atoms with Crippen molar-refractivity contribution < 1.29 is 18.7 Å². The average Bonchev–Trinajstić information content (AvgIpc) is 2.67. The first-order valence-corrected chi connectivity index (χ1v) is 8.40. The van der Waals surface area contributed by atoms with Crippen LogP contribution in [0.1, 0.15) is 28.8 Å². The van der Waals surface area contributed by atoms with Gasteiger partial charge in [-0.1, -0.05) is 18.2 Å². The van der Waals surface area contributed by atoms with Gasteiger partial charge >= 0.3 is 0 Å². The molecule has 132 valence electrons. The number of para-hydroxylation sites is 1. The van der Waals surface area contributed by atoms with E-state index in [2.05, 4.69) is 5.32 Å². The number of carbonyl (C=O) groups is 1. The van der Waals surface area contributed by atoms with Crippen LogP contribution in [0.25, 0.3) is 0 Å². The second-order valence-corrected chi connectivity index (χ2v) is 6.28. The van der Waals surface area contributed by atoms with Gasteiger partial charge in [-0.2, -0.15) is 0 Å². The molecule has 5 heteroatoms. The summed E-state index contributed by atoms with van der Waals surface area (Å²) in [6, 6.07) is 13.5. The fourth-order valence-corrected chi connectivity index (χ4v) is 3.34. The quantitative estimate of drug-likeness (QED) is 0.906. The Morgan fingerprint density at radius 3 is 2.52 bits per heavy atom. The Kier molecular flexibility index (Phi) is 5.34. The molecule has 0 radical (unpaired) electrons. The minimum Gasteiger partial charge on any atom is -0.496 e. The number of benzene rings is 2. The molecule has 1 saturated heterocycles. The van der Waals surface area contributed by atoms with Crippen molar-refractivity contribution in [3.05, 3.63) is 65.5 Å². The maximum atomic E-state index is 13.0. The molecule has 1 amide bonds. The fourth-order valence-electron chi connectivity index (χ4n) is 3.34. The minimum absolute atomic E-state index is 0.208. The molecule has 2 aromatic carbocycles. The zero-order valence-corrected chi connectivity index (χ0v) is 14.3. The van der Waals surface area contributed by atoms with Gasteiger partial charge < -0.3 is 14.8 Å². The third kappa shape index (κ3) is 3.82. The second-order valence-electron chi connectivity index (χ2n) is 6.28. The Hall–Kier alpha value is -2.40. The lowest BCUT2D eigenvalue weighted by atomic mass is 9.73. The molecule has 1 aliphatic heterocycles. The first-order valence-electron chi connectivity index (χ1n) is 8.40. The summed E-state index contributed by atoms with van der Waals surface area (Å²) in [5.41, 5.74) is 1.30. The summed E-state index contributed by atoms with van der Waals surface area (Å²) in [7, 11) is 1.66. The monoisotopic (exact) mass is 343 g/mol. The summed E-state index contributed by atoms with van der Waals surface area (Å²) in [6.07, 6.45) is 1.61. The highest BCUT2D eigenvalue weighted by Gasteiger charge is 2.37. The molecule has 1 N–H and O–H groups in total. The van der Waals surface area contributed by atoms with E-state index in [9.17, 15) is 9.18 Å². The zero-order chi connectivity index (χ0) is 17.7. The molecule has 2 aromatic rings. The van der Waals surface area contributed by atoms with Gasteiger partial charge in [0.2, 0.25) is 0 Å². The van der Waals surface area contributed by atoms with Crippen molar-refractivity contribution in [3.8, 4) is 5.75 Å². The van der Waals surface area contributed by atoms with Gasteiger partial charge in [-0.25, -0.2) is 4.39 Å². The maximum Gasteiger partial charge on any atom is 0.251 e. The number of nitrogens with one attached hydrogen (secondary N) is 1. The standard InChI is InChI=1S/C20H22FNO3/c1-24-18-5-3-2-4-17(18)20(10-12-25-13-11-20)14-22-19(23)15-6-8-16(21)9-7-15/h2-9H,10-14H2,1H3,(H,22,23). The van der Waals surface area contributed by atoms with Crippen LogP contribution < -0.4 is 10.1 Å². The minimum atomic E-state index is -0.355. The van der Waals surface area contributed by atoms with E-state index in [0.717, 1.165) is 24.2 Å². The van der Waals surface area contributed by atoms with E-state index in [1.165, 1.54) is 24.3 Å². The van der Waals surface area contributed by atoms with Crippen molar-refractivity contribution >= 4 is 5.91 Å². The highest BCUT2D eigenvalue weighted by Crippen LogP contribution is 2.39. The van der Waals surface area contributed by atoms with Crippen LogP contribution in [0.2, 0.25) is 0 Å². The number of hydrogen-bond acceptors (Lipinski definition) is 3. The van der Waals surface area contributed by atoms with Gasteiger partial charge in [0.1, 0.15) is 11.6 Å². The Balaban J connectivity index is 1.81. The van der Waals surface area contributed by atoms with E-state index < -0.39 is 0 Å². The highest BCUT2D eigenvalue weighted by atomic mass is 19.1. The lowest BCUT2D eigenvalue weighted by Crippen LogP contribution is -2.44. The molecule has 0 aromatic heterocycles. The fraction of sp³-hybridized carbons (Fsp3) is 0.350. The van der Waals surface area contributed by atoms with Crippen LogP contribution in [-0.4, -0.2) is 32.8 Å². The molecule has 4 nitrogen and oxygen atoms in total. The van der Waals surface area contributed by atoms with Gasteiger partial charge in [-0.05, 0) is 43.2 Å². The smallest absolute Gasteiger partial charge is 0.251 e. The van der Waals surface area contributed by atoms with E-state index in [-0.39, 0.29) is 17.1 Å². The van der Waals surface area contributed by atoms with Crippen molar-refractivity contribution in [2.45, 2.75) is 18.3 Å². The largest absolute Gasteiger partial charge is 0.496 e. The normalized spacial score (nSPS) is 16.2. The van der Waals surface area contributed by atoms with E-state index in [0.29, 0.717) is 25.3 Å². The van der Waals surface area contributed by atoms with Crippen LogP contribution in [0.15, 0.2) is 48.5 Å². The van der Waals surface area contributed by atoms with E-state index in [1.807, 2.05) is 24.3 Å². The Morgan fingerprint density at radius 2 is 1.84 bits per heavy atom. The third-order valence-electron chi connectivity index (χ3n) is 4.82. The van der Waals surface area contributed by atoms with Crippen molar-refractivity contribution in [1.29, 1.82) is 0 Å². The van der Waals surface area contributed by atoms with Gasteiger partial charge in [0.05, 0.1) is 7.11 Å². The highest BCUT2D eigenvalue weighted by molar-refractivity contribution is 5.94. The number of amides is 1. The van der Waals surface area contributed by atoms with E-state index in [4.69, 9.17) is 9.47 Å². The zero-order valence-electron chi connectivity index (χ0n) is 14.3. The molecule has 3 rings (SSSR count). The van der Waals surface area contributed by atoms with Crippen molar-refractivity contribution in [1.82, 2.24) is 5.32 Å². The van der Waals surface area contributed by atoms with E-state index in [1.54, 1.807) is 7.11 Å². The molecular weight excluding hydrogens is 321 g/mol. The topological polar surface area (TPSA) is 47.6 Å². The van der Waals surface area contributed by atoms with E-state index >= 15 is 0 Å². The SMILES string of the molecule is COc1ccccc1C1(CNC(=O)c2ccc(F)cc2)CCOCC1. The van der Waals surface area contributed by atoms with Crippen LogP contribution in [-0.2, 0) is 10.2 Å². The molecule has 0 bridgehead atoms. The van der Waals surface area contributed by atoms with Crippen LogP contribution in [0.5, 0.6) is 5.75 Å². The molecule has 0 spiro atoms. The summed E-state index contributed by atoms with van der Waals surface area (Å²) in [5.74, 6) is 0.257. The number of carbonyl (C=O) groups excluding carboxylic acids is 1. The van der Waals surface area contributed by atoms with Gasteiger partial charge in [-0.3, -0.25) is 4.79 Å². The Bertz CT molecular complexity index is 724. The third-order valence-corrected chi connectivity index (χ3v) is 4.82. The lowest BCUT2D eigenvalue weighted by Gasteiger charge is -2.38. The molecule has 0 saturated carbocycles. The first-order chi connectivity index (χ1) is 12.1. The van der Waals surface area contributed by atoms with Gasteiger partial charge in [0.25, 0.3) is 5.91 Å². The van der Waals surface area contributed by atoms with Crippen LogP contribution in [0, 0.1) is 5.82 Å². The average molecular weight is 343 g/mol. The molecule has 0 atom stereocenters. The summed E-state index contributed by atoms with van der Waals surface area (Å²) in [5, 5.41) is 3.01. The predicted octanol–water partition coefficient (Wildman–Crippen LogP) is 3.31. The van der Waals surface area contributed by atoms with Crippen LogP contribution in [0.3, 0.4) is 0 Å². The Morgan fingerprint density at radius 1 is 1.16 bits per heavy atom. The molecular formula is C20H22FNO3. The van der Waals surface area contributed by atoms with Crippen LogP contribution >= 0.6 is 0 Å². The predicted molar refractivity (Wildman–Crippen MR) is 93.5 cm³/mol. The van der Waals surface area contributed by atoms with Crippen molar-refractivity contribution in [2.24, 2.45) is 0 Å². The summed E-state index contributed by atoms with van der Waals surface area (Å²) in [6.45, 7) is 1.77. The van der Waals surface area contributed by atoms with Crippen molar-refractivity contribution in [2.75, 3.05) is 26.9 Å². The molecule has 1 heterocycles. The summed E-state index contributed by atoms with van der Waals surface area (Å²) in [4.78, 5) is 12.4. The maximum absolute atomic E-state index is 13.0. The van der Waals surface area contributed by atoms with Gasteiger partial charge in [0, 0.05) is 36.3 Å². The molecule has 0 unspecified atom stereocenters. The molecule has 0 aliphatic carbocycles. The Labute approximate surface area is 147 Å². The van der Waals surface area contributed by atoms with Gasteiger partial charge in [0.15, 0.2) is 0 Å².